The van der Waals surface area contributed by atoms with E-state index in [1.807, 2.05) is 0 Å². The van der Waals surface area contributed by atoms with E-state index in [2.05, 4.69) is 0 Å². The lowest BCUT2D eigenvalue weighted by molar-refractivity contribution is -0.100. The topological polar surface area (TPSA) is 113 Å². The zero-order chi connectivity index (χ0) is 8.59. The molecule has 0 amide bonds. The molecule has 0 aromatic carbocycles. The van der Waals surface area contributed by atoms with Gasteiger partial charge >= 0.3 is 0 Å². The maximum absolute atomic E-state index is 9.14. The quantitative estimate of drug-likeness (QED) is 0.263. The normalized spacial score (nSPS) is 52.6. The molecular weight excluding hydrogens is 148 g/mol. The van der Waals surface area contributed by atoms with Crippen molar-refractivity contribution in [2.24, 2.45) is 11.5 Å². The number of aliphatic hydroxyl groups is 3. The lowest BCUT2D eigenvalue weighted by atomic mass is 9.85. The fourth-order valence-electron chi connectivity index (χ4n) is 1.30. The minimum Gasteiger partial charge on any atom is -0.389 e. The fourth-order valence-corrected chi connectivity index (χ4v) is 1.30. The second kappa shape index (κ2) is 3.04. The van der Waals surface area contributed by atoms with Crippen LogP contribution in [0.25, 0.3) is 0 Å². The molecule has 0 aliphatic heterocycles. The Kier molecular flexibility index (Phi) is 2.46. The van der Waals surface area contributed by atoms with Crippen LogP contribution in [0.2, 0.25) is 0 Å². The van der Waals surface area contributed by atoms with Crippen LogP contribution in [-0.4, -0.2) is 45.7 Å². The first-order valence-electron chi connectivity index (χ1n) is 3.59. The van der Waals surface area contributed by atoms with Crippen molar-refractivity contribution in [2.75, 3.05) is 0 Å². The van der Waals surface area contributed by atoms with Crippen molar-refractivity contribution in [1.82, 2.24) is 0 Å². The second-order valence-corrected chi connectivity index (χ2v) is 3.04. The highest BCUT2D eigenvalue weighted by Crippen LogP contribution is 2.17. The maximum atomic E-state index is 9.14. The molecule has 1 aliphatic rings. The molecule has 5 heteroatoms. The molecule has 0 bridgehead atoms. The minimum atomic E-state index is -1.21. The standard InChI is InChI=1S/C6H14N2O3/c7-2-1-3(8)5(10)6(11)4(2)9/h2-6,9-11H,1,7-8H2/t2-,3+,4+,5-,6-. The van der Waals surface area contributed by atoms with Gasteiger partial charge in [0.2, 0.25) is 0 Å². The van der Waals surface area contributed by atoms with Crippen molar-refractivity contribution in [1.29, 1.82) is 0 Å². The van der Waals surface area contributed by atoms with E-state index in [1.165, 1.54) is 0 Å². The number of hydrogen-bond acceptors (Lipinski definition) is 5. The van der Waals surface area contributed by atoms with Crippen molar-refractivity contribution >= 4 is 0 Å². The smallest absolute Gasteiger partial charge is 0.109 e. The van der Waals surface area contributed by atoms with E-state index < -0.39 is 30.4 Å². The van der Waals surface area contributed by atoms with Gasteiger partial charge in [-0.3, -0.25) is 0 Å². The maximum Gasteiger partial charge on any atom is 0.109 e. The first kappa shape index (κ1) is 8.89. The van der Waals surface area contributed by atoms with Crippen molar-refractivity contribution in [2.45, 2.75) is 36.8 Å². The van der Waals surface area contributed by atoms with E-state index >= 15 is 0 Å². The van der Waals surface area contributed by atoms with Crippen LogP contribution in [0, 0.1) is 0 Å². The Labute approximate surface area is 64.6 Å². The van der Waals surface area contributed by atoms with Crippen LogP contribution in [0.15, 0.2) is 0 Å². The summed E-state index contributed by atoms with van der Waals surface area (Å²) in [6.45, 7) is 0. The van der Waals surface area contributed by atoms with Gasteiger partial charge < -0.3 is 26.8 Å². The molecule has 0 unspecified atom stereocenters. The van der Waals surface area contributed by atoms with Crippen molar-refractivity contribution in [3.05, 3.63) is 0 Å². The molecule has 0 saturated heterocycles. The first-order valence-corrected chi connectivity index (χ1v) is 3.59. The van der Waals surface area contributed by atoms with Crippen LogP contribution in [0.3, 0.4) is 0 Å². The highest BCUT2D eigenvalue weighted by molar-refractivity contribution is 4.96. The predicted octanol–water partition coefficient (Wildman–Crippen LogP) is -2.87. The summed E-state index contributed by atoms with van der Waals surface area (Å²) in [6, 6.07) is -1.08. The monoisotopic (exact) mass is 162 g/mol. The SMILES string of the molecule is N[C@@H]1C[C@H](N)[C@@H](O)[C@H](O)[C@H]1O. The Balaban J connectivity index is 2.63. The molecule has 5 atom stereocenters. The van der Waals surface area contributed by atoms with Gasteiger partial charge in [-0.05, 0) is 6.42 Å². The highest BCUT2D eigenvalue weighted by Gasteiger charge is 2.39. The van der Waals surface area contributed by atoms with E-state index in [0.29, 0.717) is 6.42 Å². The third-order valence-corrected chi connectivity index (χ3v) is 2.12. The summed E-state index contributed by atoms with van der Waals surface area (Å²) in [4.78, 5) is 0. The lowest BCUT2D eigenvalue weighted by Crippen LogP contribution is -2.61. The van der Waals surface area contributed by atoms with E-state index in [-0.39, 0.29) is 0 Å². The van der Waals surface area contributed by atoms with Gasteiger partial charge in [-0.1, -0.05) is 0 Å². The molecule has 0 radical (unpaired) electrons. The van der Waals surface area contributed by atoms with Gasteiger partial charge in [-0.15, -0.1) is 0 Å². The van der Waals surface area contributed by atoms with Crippen molar-refractivity contribution in [3.63, 3.8) is 0 Å². The molecule has 7 N–H and O–H groups in total. The van der Waals surface area contributed by atoms with Gasteiger partial charge in [0.15, 0.2) is 0 Å². The highest BCUT2D eigenvalue weighted by atomic mass is 16.4. The number of nitrogens with two attached hydrogens (primary N) is 2. The predicted molar refractivity (Wildman–Crippen MR) is 38.6 cm³/mol. The molecule has 1 saturated carbocycles. The summed E-state index contributed by atoms with van der Waals surface area (Å²) in [5, 5.41) is 27.4. The third kappa shape index (κ3) is 1.52. The van der Waals surface area contributed by atoms with Crippen LogP contribution >= 0.6 is 0 Å². The van der Waals surface area contributed by atoms with Crippen LogP contribution in [-0.2, 0) is 0 Å². The fraction of sp³-hybridized carbons (Fsp3) is 1.00. The van der Waals surface area contributed by atoms with Crippen LogP contribution < -0.4 is 11.5 Å². The molecule has 0 aromatic heterocycles. The van der Waals surface area contributed by atoms with Gasteiger partial charge in [0, 0.05) is 12.1 Å². The summed E-state index contributed by atoms with van der Waals surface area (Å²) < 4.78 is 0. The van der Waals surface area contributed by atoms with E-state index in [4.69, 9.17) is 26.8 Å². The summed E-state index contributed by atoms with van der Waals surface area (Å²) >= 11 is 0. The Morgan fingerprint density at radius 2 is 1.18 bits per heavy atom. The average Bonchev–Trinajstić information content (AvgIpc) is 1.97. The summed E-state index contributed by atoms with van der Waals surface area (Å²) in [5.41, 5.74) is 10.8. The first-order chi connectivity index (χ1) is 5.04. The van der Waals surface area contributed by atoms with E-state index in [0.717, 1.165) is 0 Å². The number of aliphatic hydroxyl groups excluding tert-OH is 3. The van der Waals surface area contributed by atoms with Gasteiger partial charge in [-0.2, -0.15) is 0 Å². The van der Waals surface area contributed by atoms with Gasteiger partial charge in [0.05, 0.1) is 12.2 Å². The van der Waals surface area contributed by atoms with Crippen molar-refractivity contribution < 1.29 is 15.3 Å². The van der Waals surface area contributed by atoms with Crippen LogP contribution in [0.5, 0.6) is 0 Å². The van der Waals surface area contributed by atoms with E-state index in [9.17, 15) is 0 Å². The van der Waals surface area contributed by atoms with E-state index in [1.54, 1.807) is 0 Å². The zero-order valence-electron chi connectivity index (χ0n) is 6.09. The Bertz CT molecular complexity index is 130. The molecular formula is C6H14N2O3. The molecule has 11 heavy (non-hydrogen) atoms. The molecule has 5 nitrogen and oxygen atoms in total. The zero-order valence-corrected chi connectivity index (χ0v) is 6.09. The summed E-state index contributed by atoms with van der Waals surface area (Å²) in [5.74, 6) is 0. The van der Waals surface area contributed by atoms with Gasteiger partial charge in [0.25, 0.3) is 0 Å². The Hall–Kier alpha value is -0.200. The van der Waals surface area contributed by atoms with Crippen LogP contribution in [0.4, 0.5) is 0 Å². The molecule has 0 spiro atoms. The molecule has 1 aliphatic carbocycles. The van der Waals surface area contributed by atoms with Gasteiger partial charge in [0.1, 0.15) is 6.10 Å². The molecule has 1 fully saturated rings. The van der Waals surface area contributed by atoms with Crippen molar-refractivity contribution in [3.8, 4) is 0 Å². The second-order valence-electron chi connectivity index (χ2n) is 3.04. The number of rotatable bonds is 0. The Morgan fingerprint density at radius 3 is 1.55 bits per heavy atom. The van der Waals surface area contributed by atoms with Crippen LogP contribution in [0.1, 0.15) is 6.42 Å². The minimum absolute atomic E-state index is 0.333. The molecule has 66 valence electrons. The largest absolute Gasteiger partial charge is 0.389 e. The summed E-state index contributed by atoms with van der Waals surface area (Å²) in [6.07, 6.45) is -3.01. The lowest BCUT2D eigenvalue weighted by Gasteiger charge is -2.37. The number of hydrogen-bond donors (Lipinski definition) is 5. The summed E-state index contributed by atoms with van der Waals surface area (Å²) in [7, 11) is 0. The molecule has 1 rings (SSSR count). The molecule has 0 heterocycles. The third-order valence-electron chi connectivity index (χ3n) is 2.12. The average molecular weight is 162 g/mol. The molecule has 0 aromatic rings. The van der Waals surface area contributed by atoms with Gasteiger partial charge in [-0.25, -0.2) is 0 Å². The Morgan fingerprint density at radius 1 is 0.818 bits per heavy atom.